The number of hydrogen-bond donors (Lipinski definition) is 1. The van der Waals surface area contributed by atoms with E-state index in [0.717, 1.165) is 31.6 Å². The van der Waals surface area contributed by atoms with Crippen molar-refractivity contribution in [2.45, 2.75) is 45.1 Å². The van der Waals surface area contributed by atoms with Gasteiger partial charge in [0.25, 0.3) is 0 Å². The maximum absolute atomic E-state index is 14.0. The third kappa shape index (κ3) is 2.60. The van der Waals surface area contributed by atoms with Crippen LogP contribution in [-0.2, 0) is 0 Å². The molecular weight excluding hydrogens is 269 g/mol. The molecule has 0 unspecified atom stereocenters. The van der Waals surface area contributed by atoms with Crippen molar-refractivity contribution < 1.29 is 4.39 Å². The summed E-state index contributed by atoms with van der Waals surface area (Å²) in [5.41, 5.74) is 7.13. The van der Waals surface area contributed by atoms with E-state index in [1.165, 1.54) is 6.20 Å². The fourth-order valence-electron chi connectivity index (χ4n) is 3.13. The van der Waals surface area contributed by atoms with Gasteiger partial charge < -0.3 is 5.73 Å². The summed E-state index contributed by atoms with van der Waals surface area (Å²) in [5.74, 6) is 0.213. The number of rotatable bonds is 1. The van der Waals surface area contributed by atoms with Crippen LogP contribution in [0, 0.1) is 5.82 Å². The Balaban J connectivity index is 1.87. The van der Waals surface area contributed by atoms with Crippen molar-refractivity contribution in [1.29, 1.82) is 0 Å². The molecule has 1 aliphatic rings. The number of anilines is 1. The molecule has 1 fully saturated rings. The van der Waals surface area contributed by atoms with E-state index in [1.54, 1.807) is 10.6 Å². The van der Waals surface area contributed by atoms with Gasteiger partial charge >= 0.3 is 0 Å². The van der Waals surface area contributed by atoms with Crippen LogP contribution in [-0.4, -0.2) is 38.1 Å². The molecule has 114 valence electrons. The lowest BCUT2D eigenvalue weighted by Crippen LogP contribution is -2.45. The molecule has 21 heavy (non-hydrogen) atoms. The largest absolute Gasteiger partial charge is 0.367 e. The van der Waals surface area contributed by atoms with Crippen LogP contribution >= 0.6 is 0 Å². The Morgan fingerprint density at radius 3 is 2.57 bits per heavy atom. The summed E-state index contributed by atoms with van der Waals surface area (Å²) < 4.78 is 15.6. The molecule has 5 nitrogen and oxygen atoms in total. The van der Waals surface area contributed by atoms with Crippen LogP contribution < -0.4 is 5.73 Å². The highest BCUT2D eigenvalue weighted by atomic mass is 19.1. The first-order valence-electron chi connectivity index (χ1n) is 7.41. The Bertz CT molecular complexity index is 650. The van der Waals surface area contributed by atoms with Gasteiger partial charge in [-0.2, -0.15) is 0 Å². The molecule has 2 aromatic heterocycles. The summed E-state index contributed by atoms with van der Waals surface area (Å²) in [6.07, 6.45) is 3.46. The van der Waals surface area contributed by atoms with Gasteiger partial charge in [0.1, 0.15) is 5.52 Å². The van der Waals surface area contributed by atoms with Gasteiger partial charge in [0, 0.05) is 17.2 Å². The lowest BCUT2D eigenvalue weighted by atomic mass is 9.91. The zero-order valence-electron chi connectivity index (χ0n) is 12.8. The van der Waals surface area contributed by atoms with Crippen LogP contribution in [0.5, 0.6) is 0 Å². The van der Waals surface area contributed by atoms with E-state index in [9.17, 15) is 4.39 Å². The highest BCUT2D eigenvalue weighted by Crippen LogP contribution is 2.32. The molecule has 1 saturated heterocycles. The maximum atomic E-state index is 14.0. The van der Waals surface area contributed by atoms with E-state index < -0.39 is 0 Å². The van der Waals surface area contributed by atoms with Crippen LogP contribution in [0.25, 0.3) is 5.52 Å². The van der Waals surface area contributed by atoms with Crippen molar-refractivity contribution >= 4 is 11.5 Å². The SMILES string of the molecule is CC(C)(C)N1CCC(c2cc(F)c3cnc(N)nn23)CC1. The maximum Gasteiger partial charge on any atom is 0.238 e. The molecule has 2 N–H and O–H groups in total. The molecule has 0 atom stereocenters. The van der Waals surface area contributed by atoms with E-state index in [2.05, 4.69) is 35.8 Å². The van der Waals surface area contributed by atoms with E-state index in [0.29, 0.717) is 11.4 Å². The third-order valence-corrected chi connectivity index (χ3v) is 4.38. The lowest BCUT2D eigenvalue weighted by Gasteiger charge is -2.40. The van der Waals surface area contributed by atoms with Gasteiger partial charge in [-0.3, -0.25) is 4.90 Å². The molecule has 0 aromatic carbocycles. The Labute approximate surface area is 124 Å². The molecule has 3 rings (SSSR count). The van der Waals surface area contributed by atoms with Crippen molar-refractivity contribution in [1.82, 2.24) is 19.5 Å². The second-order valence-corrected chi connectivity index (χ2v) is 6.76. The molecule has 0 spiro atoms. The van der Waals surface area contributed by atoms with Crippen molar-refractivity contribution in [3.05, 3.63) is 23.8 Å². The van der Waals surface area contributed by atoms with Crippen LogP contribution in [0.2, 0.25) is 0 Å². The van der Waals surface area contributed by atoms with Gasteiger partial charge in [0.2, 0.25) is 5.95 Å². The Morgan fingerprint density at radius 2 is 1.95 bits per heavy atom. The van der Waals surface area contributed by atoms with E-state index >= 15 is 0 Å². The molecule has 0 radical (unpaired) electrons. The summed E-state index contributed by atoms with van der Waals surface area (Å²) in [4.78, 5) is 6.34. The number of piperidine rings is 1. The first kappa shape index (κ1) is 14.3. The standard InChI is InChI=1S/C15H22FN5/c1-15(2,3)20-6-4-10(5-7-20)12-8-11(16)13-9-18-14(17)19-21(12)13/h8-10H,4-7H2,1-3H3,(H2,17,19). The first-order chi connectivity index (χ1) is 9.86. The molecule has 6 heteroatoms. The van der Waals surface area contributed by atoms with Gasteiger partial charge in [-0.15, -0.1) is 5.10 Å². The van der Waals surface area contributed by atoms with Gasteiger partial charge in [-0.05, 0) is 52.8 Å². The van der Waals surface area contributed by atoms with Gasteiger partial charge in [0.15, 0.2) is 5.82 Å². The molecular formula is C15H22FN5. The Morgan fingerprint density at radius 1 is 1.29 bits per heavy atom. The first-order valence-corrected chi connectivity index (χ1v) is 7.41. The number of hydrogen-bond acceptors (Lipinski definition) is 4. The van der Waals surface area contributed by atoms with E-state index in [4.69, 9.17) is 5.73 Å². The second kappa shape index (κ2) is 4.94. The van der Waals surface area contributed by atoms with Gasteiger partial charge in [-0.1, -0.05) is 0 Å². The predicted molar refractivity (Wildman–Crippen MR) is 80.7 cm³/mol. The lowest BCUT2D eigenvalue weighted by molar-refractivity contribution is 0.101. The molecule has 0 amide bonds. The van der Waals surface area contributed by atoms with E-state index in [-0.39, 0.29) is 17.3 Å². The molecule has 0 saturated carbocycles. The molecule has 0 bridgehead atoms. The summed E-state index contributed by atoms with van der Waals surface area (Å²) in [7, 11) is 0. The zero-order chi connectivity index (χ0) is 15.2. The molecule has 1 aliphatic heterocycles. The van der Waals surface area contributed by atoms with Crippen molar-refractivity contribution in [3.8, 4) is 0 Å². The Hall–Kier alpha value is -1.69. The normalized spacial score (nSPS) is 18.5. The summed E-state index contributed by atoms with van der Waals surface area (Å²) in [6, 6.07) is 1.58. The number of aromatic nitrogens is 3. The summed E-state index contributed by atoms with van der Waals surface area (Å²) in [5, 5.41) is 4.17. The van der Waals surface area contributed by atoms with Crippen molar-refractivity contribution in [2.75, 3.05) is 18.8 Å². The van der Waals surface area contributed by atoms with Crippen molar-refractivity contribution in [2.24, 2.45) is 0 Å². The Kier molecular flexibility index (Phi) is 3.36. The van der Waals surface area contributed by atoms with Gasteiger partial charge in [-0.25, -0.2) is 13.9 Å². The van der Waals surface area contributed by atoms with Crippen LogP contribution in [0.1, 0.15) is 45.2 Å². The molecule has 2 aromatic rings. The molecule has 3 heterocycles. The highest BCUT2D eigenvalue weighted by molar-refractivity contribution is 5.50. The average molecular weight is 291 g/mol. The highest BCUT2D eigenvalue weighted by Gasteiger charge is 2.29. The molecule has 0 aliphatic carbocycles. The number of nitrogens with zero attached hydrogens (tertiary/aromatic N) is 4. The third-order valence-electron chi connectivity index (χ3n) is 4.38. The summed E-state index contributed by atoms with van der Waals surface area (Å²) >= 11 is 0. The number of nitrogens with two attached hydrogens (primary N) is 1. The quantitative estimate of drug-likeness (QED) is 0.876. The average Bonchev–Trinajstić information content (AvgIpc) is 2.75. The minimum Gasteiger partial charge on any atom is -0.367 e. The number of fused-ring (bicyclic) bond motifs is 1. The smallest absolute Gasteiger partial charge is 0.238 e. The van der Waals surface area contributed by atoms with Crippen LogP contribution in [0.4, 0.5) is 10.3 Å². The minimum absolute atomic E-state index is 0.173. The van der Waals surface area contributed by atoms with Crippen molar-refractivity contribution in [3.63, 3.8) is 0 Å². The summed E-state index contributed by atoms with van der Waals surface area (Å²) in [6.45, 7) is 8.72. The zero-order valence-corrected chi connectivity index (χ0v) is 12.8. The fraction of sp³-hybridized carbons (Fsp3) is 0.600. The number of halogens is 1. The topological polar surface area (TPSA) is 59.5 Å². The van der Waals surface area contributed by atoms with Crippen LogP contribution in [0.3, 0.4) is 0 Å². The predicted octanol–water partition coefficient (Wildman–Crippen LogP) is 2.43. The second-order valence-electron chi connectivity index (χ2n) is 6.76. The number of likely N-dealkylation sites (tertiary alicyclic amines) is 1. The monoisotopic (exact) mass is 291 g/mol. The minimum atomic E-state index is -0.275. The van der Waals surface area contributed by atoms with Crippen LogP contribution in [0.15, 0.2) is 12.3 Å². The van der Waals surface area contributed by atoms with Gasteiger partial charge in [0.05, 0.1) is 6.20 Å². The fourth-order valence-corrected chi connectivity index (χ4v) is 3.13. The number of nitrogen functional groups attached to an aromatic ring is 1. The van der Waals surface area contributed by atoms with E-state index in [1.807, 2.05) is 0 Å².